The van der Waals surface area contributed by atoms with Gasteiger partial charge in [0.2, 0.25) is 0 Å². The molecule has 0 amide bonds. The predicted octanol–water partition coefficient (Wildman–Crippen LogP) is 2.44. The molecule has 0 aliphatic rings. The lowest BCUT2D eigenvalue weighted by atomic mass is 10.1. The number of fused-ring (bicyclic) bond motifs is 1. The zero-order valence-corrected chi connectivity index (χ0v) is 12.4. The Morgan fingerprint density at radius 1 is 1.36 bits per heavy atom. The first-order valence-corrected chi connectivity index (χ1v) is 7.27. The monoisotopic (exact) mass is 318 g/mol. The third-order valence-corrected chi connectivity index (χ3v) is 4.13. The first kappa shape index (κ1) is 14.4. The Bertz CT molecular complexity index is 899. The molecule has 7 heteroatoms. The van der Waals surface area contributed by atoms with Gasteiger partial charge in [-0.2, -0.15) is 0 Å². The Labute approximate surface area is 128 Å². The number of aromatic nitrogens is 2. The van der Waals surface area contributed by atoms with Gasteiger partial charge in [0.15, 0.2) is 0 Å². The second-order valence-electron chi connectivity index (χ2n) is 4.59. The molecule has 0 fully saturated rings. The Morgan fingerprint density at radius 3 is 2.77 bits per heavy atom. The van der Waals surface area contributed by atoms with E-state index < -0.39 is 5.97 Å². The van der Waals surface area contributed by atoms with E-state index in [2.05, 4.69) is 9.72 Å². The highest BCUT2D eigenvalue weighted by Gasteiger charge is 2.14. The van der Waals surface area contributed by atoms with Crippen LogP contribution in [0.4, 0.5) is 4.39 Å². The molecule has 3 rings (SSSR count). The summed E-state index contributed by atoms with van der Waals surface area (Å²) in [6.07, 6.45) is 1.33. The summed E-state index contributed by atoms with van der Waals surface area (Å²) in [4.78, 5) is 28.7. The van der Waals surface area contributed by atoms with Gasteiger partial charge in [-0.25, -0.2) is 9.37 Å². The SMILES string of the molecule is COC(=O)Cn1cnc2scc(-c3ccc(F)cc3)c2c1=O. The molecule has 0 radical (unpaired) electrons. The van der Waals surface area contributed by atoms with E-state index in [9.17, 15) is 14.0 Å². The number of thiophene rings is 1. The highest BCUT2D eigenvalue weighted by molar-refractivity contribution is 7.17. The van der Waals surface area contributed by atoms with Crippen LogP contribution in [0, 0.1) is 5.82 Å². The molecule has 0 spiro atoms. The second kappa shape index (κ2) is 5.69. The van der Waals surface area contributed by atoms with Crippen molar-refractivity contribution >= 4 is 27.5 Å². The minimum Gasteiger partial charge on any atom is -0.468 e. The van der Waals surface area contributed by atoms with E-state index in [1.54, 1.807) is 17.5 Å². The van der Waals surface area contributed by atoms with Crippen molar-refractivity contribution in [3.05, 3.63) is 52.1 Å². The minimum atomic E-state index is -0.526. The summed E-state index contributed by atoms with van der Waals surface area (Å²) in [5, 5.41) is 2.22. The number of methoxy groups -OCH3 is 1. The maximum Gasteiger partial charge on any atom is 0.325 e. The molecular weight excluding hydrogens is 307 g/mol. The zero-order chi connectivity index (χ0) is 15.7. The molecule has 1 aromatic carbocycles. The molecule has 0 aliphatic heterocycles. The summed E-state index contributed by atoms with van der Waals surface area (Å²) in [5.41, 5.74) is 1.08. The minimum absolute atomic E-state index is 0.197. The summed E-state index contributed by atoms with van der Waals surface area (Å²) in [6.45, 7) is -0.197. The van der Waals surface area contributed by atoms with Crippen LogP contribution in [-0.4, -0.2) is 22.6 Å². The van der Waals surface area contributed by atoms with Crippen molar-refractivity contribution in [3.8, 4) is 11.1 Å². The summed E-state index contributed by atoms with van der Waals surface area (Å²) >= 11 is 1.33. The van der Waals surface area contributed by atoms with Crippen molar-refractivity contribution in [3.63, 3.8) is 0 Å². The van der Waals surface area contributed by atoms with Gasteiger partial charge in [-0.05, 0) is 17.7 Å². The molecule has 5 nitrogen and oxygen atoms in total. The fourth-order valence-electron chi connectivity index (χ4n) is 2.13. The van der Waals surface area contributed by atoms with Gasteiger partial charge in [0, 0.05) is 10.9 Å². The Morgan fingerprint density at radius 2 is 2.09 bits per heavy atom. The maximum absolute atomic E-state index is 13.0. The van der Waals surface area contributed by atoms with Crippen LogP contribution < -0.4 is 5.56 Å². The van der Waals surface area contributed by atoms with Crippen molar-refractivity contribution in [1.82, 2.24) is 9.55 Å². The number of hydrogen-bond acceptors (Lipinski definition) is 5. The van der Waals surface area contributed by atoms with E-state index in [-0.39, 0.29) is 17.9 Å². The molecule has 0 N–H and O–H groups in total. The number of hydrogen-bond donors (Lipinski definition) is 0. The molecule has 112 valence electrons. The van der Waals surface area contributed by atoms with Crippen LogP contribution in [-0.2, 0) is 16.1 Å². The summed E-state index contributed by atoms with van der Waals surface area (Å²) in [7, 11) is 1.26. The highest BCUT2D eigenvalue weighted by atomic mass is 32.1. The van der Waals surface area contributed by atoms with E-state index in [1.807, 2.05) is 0 Å². The van der Waals surface area contributed by atoms with Gasteiger partial charge in [-0.1, -0.05) is 12.1 Å². The van der Waals surface area contributed by atoms with E-state index in [1.165, 1.54) is 41.5 Å². The van der Waals surface area contributed by atoms with Crippen LogP contribution >= 0.6 is 11.3 Å². The fraction of sp³-hybridized carbons (Fsp3) is 0.133. The molecule has 0 atom stereocenters. The standard InChI is InChI=1S/C15H11FN2O3S/c1-21-12(19)6-18-8-17-14-13(15(18)20)11(7-22-14)9-2-4-10(16)5-3-9/h2-5,7-8H,6H2,1H3. The zero-order valence-electron chi connectivity index (χ0n) is 11.6. The molecule has 0 bridgehead atoms. The van der Waals surface area contributed by atoms with Gasteiger partial charge in [-0.3, -0.25) is 14.2 Å². The van der Waals surface area contributed by atoms with Gasteiger partial charge in [-0.15, -0.1) is 11.3 Å². The molecule has 0 aliphatic carbocycles. The van der Waals surface area contributed by atoms with E-state index >= 15 is 0 Å². The average Bonchev–Trinajstić information content (AvgIpc) is 2.95. The van der Waals surface area contributed by atoms with Gasteiger partial charge in [0.25, 0.3) is 5.56 Å². The van der Waals surface area contributed by atoms with Crippen molar-refractivity contribution in [2.24, 2.45) is 0 Å². The maximum atomic E-state index is 13.0. The van der Waals surface area contributed by atoms with Crippen LogP contribution in [0.2, 0.25) is 0 Å². The molecule has 0 unspecified atom stereocenters. The van der Waals surface area contributed by atoms with Gasteiger partial charge >= 0.3 is 5.97 Å². The molecule has 2 aromatic heterocycles. The third-order valence-electron chi connectivity index (χ3n) is 3.24. The lowest BCUT2D eigenvalue weighted by molar-refractivity contribution is -0.141. The number of esters is 1. The average molecular weight is 318 g/mol. The molecule has 3 aromatic rings. The summed E-state index contributed by atoms with van der Waals surface area (Å²) in [5.74, 6) is -0.869. The largest absolute Gasteiger partial charge is 0.468 e. The Hall–Kier alpha value is -2.54. The number of nitrogens with zero attached hydrogens (tertiary/aromatic N) is 2. The molecular formula is C15H11FN2O3S. The molecule has 0 saturated heterocycles. The van der Waals surface area contributed by atoms with Crippen molar-refractivity contribution < 1.29 is 13.9 Å². The number of rotatable bonds is 3. The van der Waals surface area contributed by atoms with Gasteiger partial charge < -0.3 is 4.74 Å². The van der Waals surface area contributed by atoms with E-state index in [4.69, 9.17) is 0 Å². The number of ether oxygens (including phenoxy) is 1. The molecule has 2 heterocycles. The number of carbonyl (C=O) groups is 1. The second-order valence-corrected chi connectivity index (χ2v) is 5.45. The molecule has 0 saturated carbocycles. The number of carbonyl (C=O) groups excluding carboxylic acids is 1. The summed E-state index contributed by atoms with van der Waals surface area (Å²) in [6, 6.07) is 5.88. The van der Waals surface area contributed by atoms with Crippen LogP contribution in [0.1, 0.15) is 0 Å². The first-order valence-electron chi connectivity index (χ1n) is 6.39. The van der Waals surface area contributed by atoms with Crippen molar-refractivity contribution in [1.29, 1.82) is 0 Å². The van der Waals surface area contributed by atoms with Gasteiger partial charge in [0.05, 0.1) is 18.8 Å². The van der Waals surface area contributed by atoms with E-state index in [0.29, 0.717) is 15.8 Å². The van der Waals surface area contributed by atoms with Crippen LogP contribution in [0.3, 0.4) is 0 Å². The Kier molecular flexibility index (Phi) is 3.72. The Balaban J connectivity index is 2.16. The highest BCUT2D eigenvalue weighted by Crippen LogP contribution is 2.30. The van der Waals surface area contributed by atoms with E-state index in [0.717, 1.165) is 5.56 Å². The van der Waals surface area contributed by atoms with Crippen LogP contribution in [0.5, 0.6) is 0 Å². The third kappa shape index (κ3) is 2.50. The topological polar surface area (TPSA) is 61.2 Å². The lowest BCUT2D eigenvalue weighted by Gasteiger charge is -2.04. The fourth-order valence-corrected chi connectivity index (χ4v) is 3.03. The van der Waals surface area contributed by atoms with Crippen molar-refractivity contribution in [2.75, 3.05) is 7.11 Å². The van der Waals surface area contributed by atoms with Gasteiger partial charge in [0.1, 0.15) is 17.2 Å². The number of halogens is 1. The van der Waals surface area contributed by atoms with Crippen molar-refractivity contribution in [2.45, 2.75) is 6.54 Å². The lowest BCUT2D eigenvalue weighted by Crippen LogP contribution is -2.25. The smallest absolute Gasteiger partial charge is 0.325 e. The quantitative estimate of drug-likeness (QED) is 0.696. The van der Waals surface area contributed by atoms with Crippen LogP contribution in [0.25, 0.3) is 21.3 Å². The summed E-state index contributed by atoms with van der Waals surface area (Å²) < 4.78 is 18.8. The number of benzene rings is 1. The normalized spacial score (nSPS) is 10.8. The molecule has 22 heavy (non-hydrogen) atoms. The first-order chi connectivity index (χ1) is 10.6. The van der Waals surface area contributed by atoms with Crippen LogP contribution in [0.15, 0.2) is 40.8 Å². The predicted molar refractivity (Wildman–Crippen MR) is 81.3 cm³/mol.